The molecule has 108 valence electrons. The molecule has 2 atom stereocenters. The molecule has 1 saturated carbocycles. The Morgan fingerprint density at radius 1 is 1.35 bits per heavy atom. The number of aryl methyl sites for hydroxylation is 1. The predicted molar refractivity (Wildman–Crippen MR) is 76.3 cm³/mol. The maximum atomic E-state index is 12.0. The standard InChI is InChI=1S/C16H21NO3/c1-16(15(19)20)11-5-8-13(16)17-14(18)10-9-12-6-3-2-4-7-12/h2-4,6-7,13H,5,8-11H2,1H3,(H,17,18)(H,19,20). The Labute approximate surface area is 119 Å². The highest BCUT2D eigenvalue weighted by Crippen LogP contribution is 2.38. The number of hydrogen-bond acceptors (Lipinski definition) is 2. The number of hydrogen-bond donors (Lipinski definition) is 2. The molecule has 0 radical (unpaired) electrons. The zero-order valence-corrected chi connectivity index (χ0v) is 11.8. The van der Waals surface area contributed by atoms with Crippen LogP contribution >= 0.6 is 0 Å². The van der Waals surface area contributed by atoms with Gasteiger partial charge in [-0.15, -0.1) is 0 Å². The van der Waals surface area contributed by atoms with Crippen molar-refractivity contribution < 1.29 is 14.7 Å². The predicted octanol–water partition coefficient (Wildman–Crippen LogP) is 2.38. The molecular weight excluding hydrogens is 254 g/mol. The molecule has 1 aliphatic rings. The van der Waals surface area contributed by atoms with Crippen LogP contribution in [0.25, 0.3) is 0 Å². The van der Waals surface area contributed by atoms with E-state index in [1.54, 1.807) is 6.92 Å². The Morgan fingerprint density at radius 3 is 2.70 bits per heavy atom. The van der Waals surface area contributed by atoms with Crippen molar-refractivity contribution in [3.8, 4) is 0 Å². The Balaban J connectivity index is 1.87. The second-order valence-electron chi connectivity index (χ2n) is 5.72. The van der Waals surface area contributed by atoms with E-state index in [0.29, 0.717) is 19.3 Å². The third kappa shape index (κ3) is 3.18. The Hall–Kier alpha value is -1.84. The van der Waals surface area contributed by atoms with Crippen molar-refractivity contribution in [2.45, 2.75) is 45.1 Å². The summed E-state index contributed by atoms with van der Waals surface area (Å²) in [6.07, 6.45) is 3.32. The van der Waals surface area contributed by atoms with Crippen molar-refractivity contribution in [2.24, 2.45) is 5.41 Å². The van der Waals surface area contributed by atoms with Gasteiger partial charge in [0.15, 0.2) is 0 Å². The summed E-state index contributed by atoms with van der Waals surface area (Å²) in [4.78, 5) is 23.3. The minimum atomic E-state index is -0.817. The first-order chi connectivity index (χ1) is 9.52. The van der Waals surface area contributed by atoms with Crippen LogP contribution in [0.15, 0.2) is 30.3 Å². The summed E-state index contributed by atoms with van der Waals surface area (Å²) in [5.41, 5.74) is 0.303. The zero-order valence-electron chi connectivity index (χ0n) is 11.8. The van der Waals surface area contributed by atoms with E-state index < -0.39 is 11.4 Å². The third-order valence-electron chi connectivity index (χ3n) is 4.27. The average Bonchev–Trinajstić information content (AvgIpc) is 2.80. The number of aliphatic carboxylic acids is 1. The van der Waals surface area contributed by atoms with Gasteiger partial charge in [0.25, 0.3) is 0 Å². The van der Waals surface area contributed by atoms with Crippen molar-refractivity contribution in [2.75, 3.05) is 0 Å². The largest absolute Gasteiger partial charge is 0.481 e. The van der Waals surface area contributed by atoms with Crippen LogP contribution in [0.1, 0.15) is 38.2 Å². The summed E-state index contributed by atoms with van der Waals surface area (Å²) in [6.45, 7) is 1.73. The number of carboxylic acid groups (broad SMARTS) is 1. The van der Waals surface area contributed by atoms with Gasteiger partial charge in [-0.3, -0.25) is 9.59 Å². The molecule has 0 aromatic heterocycles. The molecule has 0 saturated heterocycles. The monoisotopic (exact) mass is 275 g/mol. The summed E-state index contributed by atoms with van der Waals surface area (Å²) in [6, 6.07) is 9.58. The minimum Gasteiger partial charge on any atom is -0.481 e. The van der Waals surface area contributed by atoms with Crippen LogP contribution in [0.4, 0.5) is 0 Å². The number of benzene rings is 1. The van der Waals surface area contributed by atoms with Crippen molar-refractivity contribution in [3.05, 3.63) is 35.9 Å². The topological polar surface area (TPSA) is 66.4 Å². The van der Waals surface area contributed by atoms with E-state index in [2.05, 4.69) is 5.32 Å². The van der Waals surface area contributed by atoms with Crippen LogP contribution in [0, 0.1) is 5.41 Å². The lowest BCUT2D eigenvalue weighted by Crippen LogP contribution is -2.47. The molecule has 2 rings (SSSR count). The van der Waals surface area contributed by atoms with Crippen LogP contribution < -0.4 is 5.32 Å². The highest BCUT2D eigenvalue weighted by atomic mass is 16.4. The molecule has 20 heavy (non-hydrogen) atoms. The van der Waals surface area contributed by atoms with Gasteiger partial charge in [-0.25, -0.2) is 0 Å². The van der Waals surface area contributed by atoms with Crippen LogP contribution in [0.2, 0.25) is 0 Å². The number of rotatable bonds is 5. The molecule has 0 heterocycles. The maximum absolute atomic E-state index is 12.0. The second kappa shape index (κ2) is 6.07. The fourth-order valence-corrected chi connectivity index (χ4v) is 2.82. The molecule has 1 aromatic rings. The molecule has 1 fully saturated rings. The van der Waals surface area contributed by atoms with Gasteiger partial charge in [0, 0.05) is 12.5 Å². The zero-order chi connectivity index (χ0) is 14.6. The molecule has 0 spiro atoms. The van der Waals surface area contributed by atoms with Crippen LogP contribution in [0.5, 0.6) is 0 Å². The summed E-state index contributed by atoms with van der Waals surface area (Å²) in [7, 11) is 0. The lowest BCUT2D eigenvalue weighted by molar-refractivity contribution is -0.149. The van der Waals surface area contributed by atoms with Gasteiger partial charge in [0.1, 0.15) is 0 Å². The van der Waals surface area contributed by atoms with E-state index >= 15 is 0 Å². The molecular formula is C16H21NO3. The Bertz CT molecular complexity index is 486. The first-order valence-electron chi connectivity index (χ1n) is 7.09. The highest BCUT2D eigenvalue weighted by Gasteiger charge is 2.45. The molecule has 0 aliphatic heterocycles. The molecule has 1 aliphatic carbocycles. The van der Waals surface area contributed by atoms with Crippen molar-refractivity contribution in [1.82, 2.24) is 5.32 Å². The smallest absolute Gasteiger partial charge is 0.311 e. The number of nitrogens with one attached hydrogen (secondary N) is 1. The third-order valence-corrected chi connectivity index (χ3v) is 4.27. The van der Waals surface area contributed by atoms with Crippen LogP contribution in [-0.4, -0.2) is 23.0 Å². The molecule has 2 N–H and O–H groups in total. The summed E-state index contributed by atoms with van der Waals surface area (Å²) < 4.78 is 0. The fourth-order valence-electron chi connectivity index (χ4n) is 2.82. The summed E-state index contributed by atoms with van der Waals surface area (Å²) in [5.74, 6) is -0.878. The van der Waals surface area contributed by atoms with E-state index in [0.717, 1.165) is 18.4 Å². The minimum absolute atomic E-state index is 0.0618. The summed E-state index contributed by atoms with van der Waals surface area (Å²) in [5, 5.41) is 12.2. The van der Waals surface area contributed by atoms with Gasteiger partial charge in [-0.1, -0.05) is 36.8 Å². The van der Waals surface area contributed by atoms with Crippen molar-refractivity contribution in [3.63, 3.8) is 0 Å². The lowest BCUT2D eigenvalue weighted by Gasteiger charge is -2.27. The van der Waals surface area contributed by atoms with Gasteiger partial charge in [0.2, 0.25) is 5.91 Å². The summed E-state index contributed by atoms with van der Waals surface area (Å²) >= 11 is 0. The van der Waals surface area contributed by atoms with Gasteiger partial charge >= 0.3 is 5.97 Å². The number of carboxylic acids is 1. The molecule has 2 unspecified atom stereocenters. The first-order valence-corrected chi connectivity index (χ1v) is 7.09. The molecule has 1 amide bonds. The average molecular weight is 275 g/mol. The van der Waals surface area contributed by atoms with Gasteiger partial charge < -0.3 is 10.4 Å². The van der Waals surface area contributed by atoms with Crippen LogP contribution in [0.3, 0.4) is 0 Å². The van der Waals surface area contributed by atoms with Gasteiger partial charge in [-0.05, 0) is 31.7 Å². The number of carbonyl (C=O) groups is 2. The SMILES string of the molecule is CC1(C(=O)O)CCCC1NC(=O)CCc1ccccc1. The normalized spacial score (nSPS) is 25.4. The number of amides is 1. The lowest BCUT2D eigenvalue weighted by atomic mass is 9.85. The first kappa shape index (κ1) is 14.6. The van der Waals surface area contributed by atoms with Crippen molar-refractivity contribution in [1.29, 1.82) is 0 Å². The Morgan fingerprint density at radius 2 is 2.05 bits per heavy atom. The highest BCUT2D eigenvalue weighted by molar-refractivity contribution is 5.80. The van der Waals surface area contributed by atoms with Gasteiger partial charge in [0.05, 0.1) is 5.41 Å². The molecule has 4 heteroatoms. The van der Waals surface area contributed by atoms with Crippen LogP contribution in [-0.2, 0) is 16.0 Å². The fraction of sp³-hybridized carbons (Fsp3) is 0.500. The molecule has 1 aromatic carbocycles. The van der Waals surface area contributed by atoms with Crippen molar-refractivity contribution >= 4 is 11.9 Å². The van der Waals surface area contributed by atoms with Gasteiger partial charge in [-0.2, -0.15) is 0 Å². The van der Waals surface area contributed by atoms with E-state index in [1.165, 1.54) is 0 Å². The van der Waals surface area contributed by atoms with E-state index in [9.17, 15) is 14.7 Å². The maximum Gasteiger partial charge on any atom is 0.311 e. The quantitative estimate of drug-likeness (QED) is 0.867. The molecule has 0 bridgehead atoms. The van der Waals surface area contributed by atoms with E-state index in [4.69, 9.17) is 0 Å². The molecule has 4 nitrogen and oxygen atoms in total. The second-order valence-corrected chi connectivity index (χ2v) is 5.72. The van der Waals surface area contributed by atoms with E-state index in [-0.39, 0.29) is 11.9 Å². The Kier molecular flexibility index (Phi) is 4.42. The van der Waals surface area contributed by atoms with E-state index in [1.807, 2.05) is 30.3 Å². The number of carbonyl (C=O) groups excluding carboxylic acids is 1.